The van der Waals surface area contributed by atoms with Gasteiger partial charge in [0.05, 0.1) is 11.1 Å². The normalized spacial score (nSPS) is 10.6. The van der Waals surface area contributed by atoms with Gasteiger partial charge in [-0.25, -0.2) is 0 Å². The van der Waals surface area contributed by atoms with Crippen LogP contribution < -0.4 is 0 Å². The summed E-state index contributed by atoms with van der Waals surface area (Å²) in [7, 11) is 0. The second-order valence-electron chi connectivity index (χ2n) is 9.40. The maximum atomic E-state index is 11.8. The number of alkyl halides is 6. The van der Waals surface area contributed by atoms with Gasteiger partial charge in [0.2, 0.25) is 0 Å². The number of fused-ring (bicyclic) bond motifs is 2. The summed E-state index contributed by atoms with van der Waals surface area (Å²) in [5, 5.41) is 22.6. The minimum Gasteiger partial charge on any atom is -0.508 e. The second kappa shape index (κ2) is 17.4. The number of rotatable bonds is 0. The topological polar surface area (TPSA) is 40.5 Å². The summed E-state index contributed by atoms with van der Waals surface area (Å²) < 4.78 is 72.5. The van der Waals surface area contributed by atoms with Crippen molar-refractivity contribution in [3.8, 4) is 11.5 Å². The van der Waals surface area contributed by atoms with Crippen LogP contribution in [-0.4, -0.2) is 13.4 Å². The van der Waals surface area contributed by atoms with Crippen molar-refractivity contribution < 1.29 is 60.8 Å². The van der Waals surface area contributed by atoms with Crippen LogP contribution in [0.25, 0.3) is 21.5 Å². The predicted octanol–water partition coefficient (Wildman–Crippen LogP) is 10.7. The maximum Gasteiger partial charge on any atom is 0.416 e. The number of hydrogen-bond acceptors (Lipinski definition) is 2. The third-order valence-corrected chi connectivity index (χ3v) is 5.48. The van der Waals surface area contributed by atoms with Crippen LogP contribution in [0.3, 0.4) is 0 Å². The van der Waals surface area contributed by atoms with Crippen molar-refractivity contribution >= 4 is 24.8 Å². The molecule has 0 saturated heterocycles. The van der Waals surface area contributed by atoms with Gasteiger partial charge < -0.3 is 10.2 Å². The van der Waals surface area contributed by atoms with Gasteiger partial charge in [0, 0.05) is 0 Å². The molecule has 0 aliphatic rings. The summed E-state index contributed by atoms with van der Waals surface area (Å²) in [5.41, 5.74) is -1.51. The first kappa shape index (κ1) is 36.2. The molecule has 0 heterocycles. The molecule has 0 amide bonds. The zero-order valence-electron chi connectivity index (χ0n) is 23.9. The Morgan fingerprint density at radius 2 is 0.818 bits per heavy atom. The van der Waals surface area contributed by atoms with Gasteiger partial charge in [-0.1, -0.05) is 12.1 Å². The molecule has 0 bridgehead atoms. The van der Waals surface area contributed by atoms with Crippen molar-refractivity contribution in [1.29, 1.82) is 0 Å². The third-order valence-electron chi connectivity index (χ3n) is 5.48. The molecule has 0 fully saturated rings. The quantitative estimate of drug-likeness (QED) is 0.123. The second-order valence-corrected chi connectivity index (χ2v) is 11.9. The van der Waals surface area contributed by atoms with Gasteiger partial charge in [-0.05, 0) is 48.5 Å². The van der Waals surface area contributed by atoms with Crippen LogP contribution in [0.1, 0.15) is 25.0 Å². The molecule has 44 heavy (non-hydrogen) atoms. The van der Waals surface area contributed by atoms with E-state index in [0.29, 0.717) is 0 Å². The first-order valence-corrected chi connectivity index (χ1v) is 14.3. The van der Waals surface area contributed by atoms with Crippen LogP contribution in [0.5, 0.6) is 11.5 Å². The fraction of sp³-hybridized carbons (Fsp3) is 0.114. The van der Waals surface area contributed by atoms with E-state index in [2.05, 4.69) is 98.8 Å². The Labute approximate surface area is 266 Å². The van der Waals surface area contributed by atoms with Gasteiger partial charge in [-0.3, -0.25) is 0 Å². The molecular formula is C35H30F6O2Zr. The van der Waals surface area contributed by atoms with E-state index < -0.39 is 23.5 Å². The van der Waals surface area contributed by atoms with Crippen molar-refractivity contribution in [2.45, 2.75) is 26.2 Å². The van der Waals surface area contributed by atoms with Crippen LogP contribution in [-0.2, 0) is 36.6 Å². The van der Waals surface area contributed by atoms with Gasteiger partial charge in [0.15, 0.2) is 0 Å². The molecule has 0 atom stereocenters. The zero-order chi connectivity index (χ0) is 32.8. The van der Waals surface area contributed by atoms with E-state index in [0.717, 1.165) is 48.5 Å². The summed E-state index contributed by atoms with van der Waals surface area (Å²) in [4.78, 5) is 0. The van der Waals surface area contributed by atoms with Gasteiger partial charge in [0.1, 0.15) is 11.5 Å². The Balaban J connectivity index is 0.000000197. The van der Waals surface area contributed by atoms with Crippen molar-refractivity contribution in [2.24, 2.45) is 0 Å². The number of benzene rings is 4. The fourth-order valence-corrected chi connectivity index (χ4v) is 3.44. The standard InChI is InChI=1S/2C9H7.2C7H5F3O.C3H6.Zr/c2*1-2-5-9-7-3-6-8(9)4-1;2*8-7(9,10)5-1-3-6(11)4-2-5;1-3-2;/h2*1-7H;2*1-4,11H;1-2H3;/q2*-1;;;;+2. The van der Waals surface area contributed by atoms with Crippen LogP contribution in [0.4, 0.5) is 26.3 Å². The molecule has 0 radical (unpaired) electrons. The van der Waals surface area contributed by atoms with Crippen molar-refractivity contribution in [2.75, 3.05) is 0 Å². The largest absolute Gasteiger partial charge is 0.508 e. The molecule has 9 heteroatoms. The summed E-state index contributed by atoms with van der Waals surface area (Å²) in [5.74, 6) is -0.337. The summed E-state index contributed by atoms with van der Waals surface area (Å²) in [6.45, 7) is 4.25. The van der Waals surface area contributed by atoms with Crippen molar-refractivity contribution in [1.82, 2.24) is 0 Å². The Morgan fingerprint density at radius 3 is 1.09 bits per heavy atom. The smallest absolute Gasteiger partial charge is 0.416 e. The molecule has 6 aromatic rings. The fourth-order valence-electron chi connectivity index (χ4n) is 3.44. The van der Waals surface area contributed by atoms with E-state index in [4.69, 9.17) is 10.2 Å². The molecule has 0 spiro atoms. The maximum absolute atomic E-state index is 11.8. The Kier molecular flexibility index (Phi) is 14.3. The first-order chi connectivity index (χ1) is 20.7. The first-order valence-electron chi connectivity index (χ1n) is 13.1. The Morgan fingerprint density at radius 1 is 0.523 bits per heavy atom. The van der Waals surface area contributed by atoms with E-state index in [-0.39, 0.29) is 11.5 Å². The van der Waals surface area contributed by atoms with Gasteiger partial charge >= 0.3 is 53.6 Å². The van der Waals surface area contributed by atoms with E-state index in [9.17, 15) is 26.3 Å². The minimum atomic E-state index is -4.33. The monoisotopic (exact) mass is 686 g/mol. The van der Waals surface area contributed by atoms with Crippen molar-refractivity contribution in [3.63, 3.8) is 0 Å². The molecule has 0 aliphatic carbocycles. The number of phenols is 2. The van der Waals surface area contributed by atoms with E-state index in [1.54, 1.807) is 24.2 Å². The molecule has 0 aliphatic heterocycles. The molecule has 2 N–H and O–H groups in total. The van der Waals surface area contributed by atoms with Gasteiger partial charge in [-0.2, -0.15) is 61.4 Å². The molecule has 0 saturated carbocycles. The summed E-state index contributed by atoms with van der Waals surface area (Å²) in [6.07, 6.45) is -8.65. The average molecular weight is 688 g/mol. The number of aromatic hydroxyl groups is 2. The molecule has 228 valence electrons. The van der Waals surface area contributed by atoms with E-state index in [1.165, 1.54) is 24.8 Å². The molecule has 6 rings (SSSR count). The predicted molar refractivity (Wildman–Crippen MR) is 162 cm³/mol. The zero-order valence-corrected chi connectivity index (χ0v) is 26.3. The van der Waals surface area contributed by atoms with Crippen LogP contribution in [0, 0.1) is 0 Å². The molecule has 2 nitrogen and oxygen atoms in total. The molecule has 0 aromatic heterocycles. The number of phenolic OH excluding ortho intramolecular Hbond substituents is 2. The number of halogens is 6. The third kappa shape index (κ3) is 13.6. The SMILES string of the molecule is C[C](C)=[Zr+2].Oc1ccc(C(F)(F)F)cc1.Oc1ccc(C(F)(F)F)cc1.c1ccc2[cH-]ccc2c1.c1ccc2[cH-]ccc2c1. The van der Waals surface area contributed by atoms with Crippen LogP contribution >= 0.6 is 0 Å². The summed E-state index contributed by atoms with van der Waals surface area (Å²) >= 11 is 1.55. The van der Waals surface area contributed by atoms with E-state index in [1.807, 2.05) is 0 Å². The van der Waals surface area contributed by atoms with Gasteiger partial charge in [-0.15, -0.1) is 59.3 Å². The molecule has 6 aromatic carbocycles. The molecular weight excluding hydrogens is 658 g/mol. The number of hydrogen-bond donors (Lipinski definition) is 2. The van der Waals surface area contributed by atoms with Gasteiger partial charge in [0.25, 0.3) is 0 Å². The Bertz CT molecular complexity index is 1490. The molecule has 0 unspecified atom stereocenters. The van der Waals surface area contributed by atoms with Crippen LogP contribution in [0.2, 0.25) is 0 Å². The Hall–Kier alpha value is -3.97. The van der Waals surface area contributed by atoms with Crippen molar-refractivity contribution in [3.05, 3.63) is 145 Å². The van der Waals surface area contributed by atoms with E-state index >= 15 is 0 Å². The minimum absolute atomic E-state index is 0.169. The summed E-state index contributed by atoms with van der Waals surface area (Å²) in [6, 6.07) is 36.7. The average Bonchev–Trinajstić information content (AvgIpc) is 3.63. The van der Waals surface area contributed by atoms with Crippen LogP contribution in [0.15, 0.2) is 133 Å².